The molecule has 0 fully saturated rings. The summed E-state index contributed by atoms with van der Waals surface area (Å²) in [7, 11) is 0. The zero-order valence-corrected chi connectivity index (χ0v) is 14.7. The van der Waals surface area contributed by atoms with E-state index in [4.69, 9.17) is 4.74 Å². The van der Waals surface area contributed by atoms with Crippen LogP contribution < -0.4 is 5.32 Å². The lowest BCUT2D eigenvalue weighted by atomic mass is 10.1. The molecule has 2 rings (SSSR count). The van der Waals surface area contributed by atoms with E-state index in [9.17, 15) is 9.59 Å². The highest BCUT2D eigenvalue weighted by Crippen LogP contribution is 2.23. The van der Waals surface area contributed by atoms with Crippen molar-refractivity contribution in [3.8, 4) is 0 Å². The van der Waals surface area contributed by atoms with Crippen molar-refractivity contribution in [2.45, 2.75) is 31.1 Å². The van der Waals surface area contributed by atoms with Crippen LogP contribution in [0.4, 0.5) is 0 Å². The van der Waals surface area contributed by atoms with Crippen molar-refractivity contribution in [3.63, 3.8) is 0 Å². The van der Waals surface area contributed by atoms with Gasteiger partial charge in [-0.25, -0.2) is 0 Å². The standard InChI is InChI=1S/C19H23NO3S/c1-2-3-6-11-20-18(21)13-23-19(22)14-24-17-10-9-15-7-4-5-8-16(15)12-17/h4-5,7-10,12H,2-3,6,11,13-14H2,1H3,(H,20,21). The van der Waals surface area contributed by atoms with E-state index in [1.165, 1.54) is 17.1 Å². The molecule has 0 aliphatic rings. The summed E-state index contributed by atoms with van der Waals surface area (Å²) < 4.78 is 5.00. The molecule has 0 aromatic heterocycles. The van der Waals surface area contributed by atoms with Crippen LogP contribution in [0.3, 0.4) is 0 Å². The summed E-state index contributed by atoms with van der Waals surface area (Å²) in [5.41, 5.74) is 0. The van der Waals surface area contributed by atoms with Crippen LogP contribution in [0.15, 0.2) is 47.4 Å². The predicted molar refractivity (Wildman–Crippen MR) is 98.2 cm³/mol. The summed E-state index contributed by atoms with van der Waals surface area (Å²) in [5, 5.41) is 5.06. The van der Waals surface area contributed by atoms with Gasteiger partial charge in [-0.3, -0.25) is 9.59 Å². The first-order valence-corrected chi connectivity index (χ1v) is 9.21. The molecular weight excluding hydrogens is 322 g/mol. The van der Waals surface area contributed by atoms with Gasteiger partial charge in [0.1, 0.15) is 0 Å². The Labute approximate surface area is 147 Å². The van der Waals surface area contributed by atoms with Gasteiger partial charge in [-0.2, -0.15) is 0 Å². The van der Waals surface area contributed by atoms with Gasteiger partial charge in [0.25, 0.3) is 5.91 Å². The molecule has 5 heteroatoms. The second kappa shape index (κ2) is 9.98. The fourth-order valence-electron chi connectivity index (χ4n) is 2.24. The van der Waals surface area contributed by atoms with E-state index < -0.39 is 0 Å². The Kier molecular flexibility index (Phi) is 7.62. The molecule has 0 atom stereocenters. The maximum atomic E-state index is 11.7. The first-order valence-electron chi connectivity index (χ1n) is 8.23. The minimum Gasteiger partial charge on any atom is -0.455 e. The molecule has 0 saturated carbocycles. The zero-order chi connectivity index (χ0) is 17.2. The normalized spacial score (nSPS) is 10.5. The summed E-state index contributed by atoms with van der Waals surface area (Å²) in [4.78, 5) is 24.3. The minimum atomic E-state index is -0.378. The summed E-state index contributed by atoms with van der Waals surface area (Å²) in [6, 6.07) is 14.2. The Bertz CT molecular complexity index is 687. The number of hydrogen-bond donors (Lipinski definition) is 1. The van der Waals surface area contributed by atoms with E-state index in [-0.39, 0.29) is 24.2 Å². The highest BCUT2D eigenvalue weighted by atomic mass is 32.2. The van der Waals surface area contributed by atoms with Crippen LogP contribution in [0.2, 0.25) is 0 Å². The second-order valence-corrected chi connectivity index (χ2v) is 6.56. The van der Waals surface area contributed by atoms with E-state index in [2.05, 4.69) is 18.3 Å². The van der Waals surface area contributed by atoms with E-state index in [0.29, 0.717) is 6.54 Å². The lowest BCUT2D eigenvalue weighted by Gasteiger charge is -2.07. The van der Waals surface area contributed by atoms with E-state index in [0.717, 1.165) is 29.5 Å². The maximum Gasteiger partial charge on any atom is 0.316 e. The van der Waals surface area contributed by atoms with Crippen molar-refractivity contribution in [3.05, 3.63) is 42.5 Å². The van der Waals surface area contributed by atoms with Gasteiger partial charge < -0.3 is 10.1 Å². The Morgan fingerprint density at radius 1 is 1.08 bits per heavy atom. The molecule has 128 valence electrons. The summed E-state index contributed by atoms with van der Waals surface area (Å²) in [6.45, 7) is 2.54. The van der Waals surface area contributed by atoms with Gasteiger partial charge in [-0.15, -0.1) is 11.8 Å². The smallest absolute Gasteiger partial charge is 0.316 e. The van der Waals surface area contributed by atoms with Crippen molar-refractivity contribution in [2.75, 3.05) is 18.9 Å². The number of nitrogens with one attached hydrogen (secondary N) is 1. The van der Waals surface area contributed by atoms with Gasteiger partial charge in [0.05, 0.1) is 5.75 Å². The molecule has 1 amide bonds. The first-order chi connectivity index (χ1) is 11.7. The molecular formula is C19H23NO3S. The van der Waals surface area contributed by atoms with Gasteiger partial charge >= 0.3 is 5.97 Å². The lowest BCUT2D eigenvalue weighted by Crippen LogP contribution is -2.29. The van der Waals surface area contributed by atoms with Gasteiger partial charge in [0.15, 0.2) is 6.61 Å². The average molecular weight is 345 g/mol. The van der Waals surface area contributed by atoms with Gasteiger partial charge in [-0.1, -0.05) is 50.1 Å². The van der Waals surface area contributed by atoms with Crippen LogP contribution >= 0.6 is 11.8 Å². The number of unbranched alkanes of at least 4 members (excludes halogenated alkanes) is 2. The molecule has 1 N–H and O–H groups in total. The molecule has 0 aliphatic carbocycles. The third-order valence-corrected chi connectivity index (χ3v) is 4.51. The van der Waals surface area contributed by atoms with Crippen molar-refractivity contribution in [1.82, 2.24) is 5.32 Å². The molecule has 0 saturated heterocycles. The minimum absolute atomic E-state index is 0.196. The van der Waals surface area contributed by atoms with Gasteiger partial charge in [0.2, 0.25) is 0 Å². The van der Waals surface area contributed by atoms with Crippen LogP contribution in [-0.2, 0) is 14.3 Å². The molecule has 2 aromatic rings. The summed E-state index contributed by atoms with van der Waals surface area (Å²) >= 11 is 1.41. The molecule has 0 heterocycles. The molecule has 0 spiro atoms. The number of carbonyl (C=O) groups is 2. The van der Waals surface area contributed by atoms with Crippen molar-refractivity contribution < 1.29 is 14.3 Å². The largest absolute Gasteiger partial charge is 0.455 e. The zero-order valence-electron chi connectivity index (χ0n) is 13.9. The summed E-state index contributed by atoms with van der Waals surface area (Å²) in [5.74, 6) is -0.423. The van der Waals surface area contributed by atoms with E-state index in [1.807, 2.05) is 36.4 Å². The monoisotopic (exact) mass is 345 g/mol. The topological polar surface area (TPSA) is 55.4 Å². The Morgan fingerprint density at radius 3 is 2.67 bits per heavy atom. The highest BCUT2D eigenvalue weighted by Gasteiger charge is 2.08. The molecule has 0 radical (unpaired) electrons. The molecule has 0 unspecified atom stereocenters. The third kappa shape index (κ3) is 6.24. The first kappa shape index (κ1) is 18.3. The number of thioether (sulfide) groups is 1. The average Bonchev–Trinajstić information content (AvgIpc) is 2.61. The number of hydrogen-bond acceptors (Lipinski definition) is 4. The van der Waals surface area contributed by atoms with Gasteiger partial charge in [-0.05, 0) is 29.3 Å². The number of esters is 1. The number of rotatable bonds is 9. The fraction of sp³-hybridized carbons (Fsp3) is 0.368. The Hall–Kier alpha value is -2.01. The van der Waals surface area contributed by atoms with Crippen molar-refractivity contribution in [2.24, 2.45) is 0 Å². The molecule has 24 heavy (non-hydrogen) atoms. The van der Waals surface area contributed by atoms with Crippen LogP contribution in [0.1, 0.15) is 26.2 Å². The van der Waals surface area contributed by atoms with Crippen LogP contribution in [0, 0.1) is 0 Å². The second-order valence-electron chi connectivity index (χ2n) is 5.52. The predicted octanol–water partition coefficient (Wildman–Crippen LogP) is 3.78. The quantitative estimate of drug-likeness (QED) is 0.427. The number of carbonyl (C=O) groups excluding carboxylic acids is 2. The molecule has 0 aliphatic heterocycles. The fourth-order valence-corrected chi connectivity index (χ4v) is 2.98. The summed E-state index contributed by atoms with van der Waals surface area (Å²) in [6.07, 6.45) is 3.15. The van der Waals surface area contributed by atoms with Crippen LogP contribution in [0.25, 0.3) is 10.8 Å². The van der Waals surface area contributed by atoms with E-state index >= 15 is 0 Å². The molecule has 4 nitrogen and oxygen atoms in total. The van der Waals surface area contributed by atoms with Crippen LogP contribution in [0.5, 0.6) is 0 Å². The third-order valence-electron chi connectivity index (χ3n) is 3.54. The number of amides is 1. The lowest BCUT2D eigenvalue weighted by molar-refractivity contribution is -0.145. The number of ether oxygens (including phenoxy) is 1. The van der Waals surface area contributed by atoms with E-state index in [1.54, 1.807) is 0 Å². The van der Waals surface area contributed by atoms with Gasteiger partial charge in [0, 0.05) is 11.4 Å². The Balaban J connectivity index is 1.69. The SMILES string of the molecule is CCCCCNC(=O)COC(=O)CSc1ccc2ccccc2c1. The molecule has 2 aromatic carbocycles. The molecule has 0 bridgehead atoms. The maximum absolute atomic E-state index is 11.7. The number of fused-ring (bicyclic) bond motifs is 1. The number of benzene rings is 2. The Morgan fingerprint density at radius 2 is 1.88 bits per heavy atom. The highest BCUT2D eigenvalue weighted by molar-refractivity contribution is 8.00. The van der Waals surface area contributed by atoms with Crippen molar-refractivity contribution >= 4 is 34.4 Å². The van der Waals surface area contributed by atoms with Crippen molar-refractivity contribution in [1.29, 1.82) is 0 Å². The van der Waals surface area contributed by atoms with Crippen LogP contribution in [-0.4, -0.2) is 30.8 Å².